The average molecular weight is 375 g/mol. The highest BCUT2D eigenvalue weighted by Crippen LogP contribution is 2.44. The third-order valence-corrected chi connectivity index (χ3v) is 6.14. The zero-order valence-electron chi connectivity index (χ0n) is 11.9. The SMILES string of the molecule is OC(c1cc(Br)ccc1F)C1CCOC2(CCSCC2)C1. The quantitative estimate of drug-likeness (QED) is 0.835. The predicted molar refractivity (Wildman–Crippen MR) is 87.0 cm³/mol. The number of rotatable bonds is 2. The summed E-state index contributed by atoms with van der Waals surface area (Å²) in [7, 11) is 0. The summed E-state index contributed by atoms with van der Waals surface area (Å²) in [5.74, 6) is 1.98. The van der Waals surface area contributed by atoms with Crippen molar-refractivity contribution in [3.63, 3.8) is 0 Å². The monoisotopic (exact) mass is 374 g/mol. The van der Waals surface area contributed by atoms with Crippen LogP contribution in [0.3, 0.4) is 0 Å². The Morgan fingerprint density at radius 2 is 2.14 bits per heavy atom. The molecule has 2 heterocycles. The minimum Gasteiger partial charge on any atom is -0.388 e. The zero-order chi connectivity index (χ0) is 14.9. The van der Waals surface area contributed by atoms with Gasteiger partial charge in [0, 0.05) is 16.6 Å². The summed E-state index contributed by atoms with van der Waals surface area (Å²) in [5.41, 5.74) is 0.314. The van der Waals surface area contributed by atoms with Gasteiger partial charge >= 0.3 is 0 Å². The molecular weight excluding hydrogens is 355 g/mol. The van der Waals surface area contributed by atoms with Crippen molar-refractivity contribution in [2.75, 3.05) is 18.1 Å². The molecule has 2 fully saturated rings. The molecule has 3 rings (SSSR count). The van der Waals surface area contributed by atoms with Crippen LogP contribution in [0, 0.1) is 11.7 Å². The van der Waals surface area contributed by atoms with Gasteiger partial charge in [-0.25, -0.2) is 4.39 Å². The van der Waals surface area contributed by atoms with E-state index in [0.29, 0.717) is 12.2 Å². The lowest BCUT2D eigenvalue weighted by molar-refractivity contribution is -0.121. The van der Waals surface area contributed by atoms with E-state index in [2.05, 4.69) is 15.9 Å². The number of benzene rings is 1. The Kier molecular flexibility index (Phi) is 4.94. The lowest BCUT2D eigenvalue weighted by Crippen LogP contribution is -2.44. The summed E-state index contributed by atoms with van der Waals surface area (Å²) < 4.78 is 20.8. The molecule has 21 heavy (non-hydrogen) atoms. The van der Waals surface area contributed by atoms with Crippen molar-refractivity contribution in [2.24, 2.45) is 5.92 Å². The number of aliphatic hydroxyl groups excluding tert-OH is 1. The molecule has 1 spiro atoms. The molecule has 2 aliphatic rings. The Morgan fingerprint density at radius 1 is 1.38 bits per heavy atom. The topological polar surface area (TPSA) is 29.5 Å². The van der Waals surface area contributed by atoms with Crippen LogP contribution >= 0.6 is 27.7 Å². The Hall–Kier alpha value is -0.100. The molecule has 0 aliphatic carbocycles. The Labute approximate surface area is 137 Å². The number of halogens is 2. The fourth-order valence-electron chi connectivity index (χ4n) is 3.42. The second kappa shape index (κ2) is 6.57. The third kappa shape index (κ3) is 3.46. The molecule has 0 aromatic heterocycles. The molecule has 1 N–H and O–H groups in total. The second-order valence-electron chi connectivity index (χ2n) is 6.01. The van der Waals surface area contributed by atoms with Gasteiger partial charge in [0.25, 0.3) is 0 Å². The van der Waals surface area contributed by atoms with Crippen molar-refractivity contribution in [2.45, 2.75) is 37.4 Å². The normalized spacial score (nSPS) is 26.7. The molecule has 2 atom stereocenters. The molecule has 2 saturated heterocycles. The molecule has 0 amide bonds. The third-order valence-electron chi connectivity index (χ3n) is 4.66. The fraction of sp³-hybridized carbons (Fsp3) is 0.625. The minimum atomic E-state index is -0.752. The highest BCUT2D eigenvalue weighted by atomic mass is 79.9. The van der Waals surface area contributed by atoms with Gasteiger partial charge in [-0.3, -0.25) is 0 Å². The van der Waals surface area contributed by atoms with Crippen molar-refractivity contribution in [1.29, 1.82) is 0 Å². The van der Waals surface area contributed by atoms with Gasteiger partial charge in [-0.1, -0.05) is 15.9 Å². The molecule has 116 valence electrons. The number of hydrogen-bond acceptors (Lipinski definition) is 3. The highest BCUT2D eigenvalue weighted by Gasteiger charge is 2.41. The van der Waals surface area contributed by atoms with Crippen LogP contribution in [0.2, 0.25) is 0 Å². The molecule has 2 aliphatic heterocycles. The zero-order valence-corrected chi connectivity index (χ0v) is 14.3. The van der Waals surface area contributed by atoms with E-state index in [1.807, 2.05) is 11.8 Å². The van der Waals surface area contributed by atoms with E-state index in [1.54, 1.807) is 12.1 Å². The molecule has 2 nitrogen and oxygen atoms in total. The van der Waals surface area contributed by atoms with Crippen LogP contribution in [0.25, 0.3) is 0 Å². The number of thioether (sulfide) groups is 1. The molecule has 5 heteroatoms. The van der Waals surface area contributed by atoms with Gasteiger partial charge in [-0.15, -0.1) is 0 Å². The smallest absolute Gasteiger partial charge is 0.129 e. The molecule has 1 aromatic rings. The maximum Gasteiger partial charge on any atom is 0.129 e. The maximum absolute atomic E-state index is 14.0. The summed E-state index contributed by atoms with van der Waals surface area (Å²) in [6.07, 6.45) is 2.96. The fourth-order valence-corrected chi connectivity index (χ4v) is 5.04. The van der Waals surface area contributed by atoms with Gasteiger partial charge in [-0.2, -0.15) is 11.8 Å². The standard InChI is InChI=1S/C16H20BrFO2S/c17-12-1-2-14(18)13(9-12)15(19)11-3-6-20-16(10-11)4-7-21-8-5-16/h1-2,9,11,15,19H,3-8,10H2. The van der Waals surface area contributed by atoms with Crippen molar-refractivity contribution in [3.8, 4) is 0 Å². The molecule has 0 radical (unpaired) electrons. The first kappa shape index (κ1) is 15.8. The van der Waals surface area contributed by atoms with Crippen LogP contribution in [0.15, 0.2) is 22.7 Å². The first-order valence-electron chi connectivity index (χ1n) is 7.44. The largest absolute Gasteiger partial charge is 0.388 e. The minimum absolute atomic E-state index is 0.0747. The summed E-state index contributed by atoms with van der Waals surface area (Å²) in [5, 5.41) is 10.6. The Balaban J connectivity index is 1.77. The van der Waals surface area contributed by atoms with Gasteiger partial charge < -0.3 is 9.84 Å². The molecule has 2 unspecified atom stereocenters. The van der Waals surface area contributed by atoms with E-state index >= 15 is 0 Å². The van der Waals surface area contributed by atoms with Crippen LogP contribution in [0.5, 0.6) is 0 Å². The van der Waals surface area contributed by atoms with Gasteiger partial charge in [0.1, 0.15) is 5.82 Å². The number of hydrogen-bond donors (Lipinski definition) is 1. The lowest BCUT2D eigenvalue weighted by Gasteiger charge is -2.44. The Bertz CT molecular complexity index is 500. The van der Waals surface area contributed by atoms with Crippen molar-refractivity contribution in [1.82, 2.24) is 0 Å². The molecule has 1 aromatic carbocycles. The van der Waals surface area contributed by atoms with E-state index in [1.165, 1.54) is 6.07 Å². The summed E-state index contributed by atoms with van der Waals surface area (Å²) in [4.78, 5) is 0. The van der Waals surface area contributed by atoms with Gasteiger partial charge in [0.05, 0.1) is 11.7 Å². The summed E-state index contributed by atoms with van der Waals surface area (Å²) in [6, 6.07) is 4.77. The van der Waals surface area contributed by atoms with Crippen molar-refractivity contribution < 1.29 is 14.2 Å². The first-order valence-corrected chi connectivity index (χ1v) is 9.39. The van der Waals surface area contributed by atoms with Crippen LogP contribution in [0.4, 0.5) is 4.39 Å². The van der Waals surface area contributed by atoms with Crippen LogP contribution in [0.1, 0.15) is 37.4 Å². The number of aliphatic hydroxyl groups is 1. The van der Waals surface area contributed by atoms with E-state index in [-0.39, 0.29) is 17.3 Å². The van der Waals surface area contributed by atoms with Crippen LogP contribution in [-0.2, 0) is 4.74 Å². The summed E-state index contributed by atoms with van der Waals surface area (Å²) in [6.45, 7) is 0.669. The van der Waals surface area contributed by atoms with E-state index in [0.717, 1.165) is 41.7 Å². The van der Waals surface area contributed by atoms with Crippen molar-refractivity contribution >= 4 is 27.7 Å². The Morgan fingerprint density at radius 3 is 2.90 bits per heavy atom. The first-order chi connectivity index (χ1) is 10.1. The lowest BCUT2D eigenvalue weighted by atomic mass is 9.78. The molecule has 0 saturated carbocycles. The van der Waals surface area contributed by atoms with Gasteiger partial charge in [-0.05, 0) is 61.3 Å². The van der Waals surface area contributed by atoms with E-state index in [4.69, 9.17) is 4.74 Å². The molecule has 0 bridgehead atoms. The van der Waals surface area contributed by atoms with Gasteiger partial charge in [0.2, 0.25) is 0 Å². The molecular formula is C16H20BrFO2S. The van der Waals surface area contributed by atoms with Gasteiger partial charge in [0.15, 0.2) is 0 Å². The highest BCUT2D eigenvalue weighted by molar-refractivity contribution is 9.10. The maximum atomic E-state index is 14.0. The number of ether oxygens (including phenoxy) is 1. The van der Waals surface area contributed by atoms with Crippen molar-refractivity contribution in [3.05, 3.63) is 34.1 Å². The van der Waals surface area contributed by atoms with E-state index < -0.39 is 6.10 Å². The average Bonchev–Trinajstić information content (AvgIpc) is 2.50. The van der Waals surface area contributed by atoms with E-state index in [9.17, 15) is 9.50 Å². The second-order valence-corrected chi connectivity index (χ2v) is 8.15. The van der Waals surface area contributed by atoms with Crippen LogP contribution in [-0.4, -0.2) is 28.8 Å². The summed E-state index contributed by atoms with van der Waals surface area (Å²) >= 11 is 5.32. The van der Waals surface area contributed by atoms with Crippen LogP contribution < -0.4 is 0 Å². The predicted octanol–water partition coefficient (Wildman–Crippen LogP) is 4.31.